The molecule has 0 saturated carbocycles. The predicted octanol–water partition coefficient (Wildman–Crippen LogP) is 5.83. The fourth-order valence-electron chi connectivity index (χ4n) is 2.85. The monoisotopic (exact) mass is 438 g/mol. The second-order valence-corrected chi connectivity index (χ2v) is 8.28. The largest absolute Gasteiger partial charge is 0.361 e. The maximum absolute atomic E-state index is 4.79. The average Bonchev–Trinajstić information content (AvgIpc) is 3.20. The summed E-state index contributed by atoms with van der Waals surface area (Å²) in [5, 5.41) is 7.90. The summed E-state index contributed by atoms with van der Waals surface area (Å²) in [5.41, 5.74) is 6.64. The zero-order valence-electron chi connectivity index (χ0n) is 15.3. The van der Waals surface area contributed by atoms with Crippen LogP contribution in [0, 0.1) is 20.8 Å². The molecular weight excluding hydrogens is 420 g/mol. The summed E-state index contributed by atoms with van der Waals surface area (Å²) in [6.45, 7) is 6.26. The molecule has 0 amide bonds. The highest BCUT2D eigenvalue weighted by atomic mass is 79.9. The summed E-state index contributed by atoms with van der Waals surface area (Å²) in [4.78, 5) is 8.93. The van der Waals surface area contributed by atoms with Crippen LogP contribution >= 0.6 is 27.3 Å². The highest BCUT2D eigenvalue weighted by molar-refractivity contribution is 9.10. The van der Waals surface area contributed by atoms with Gasteiger partial charge in [-0.25, -0.2) is 9.67 Å². The van der Waals surface area contributed by atoms with Crippen LogP contribution in [0.3, 0.4) is 0 Å². The number of H-pyrrole nitrogens is 1. The third kappa shape index (κ3) is 3.68. The van der Waals surface area contributed by atoms with Crippen LogP contribution < -0.4 is 4.80 Å². The molecule has 4 nitrogen and oxygen atoms in total. The maximum Gasteiger partial charge on any atom is 0.211 e. The lowest BCUT2D eigenvalue weighted by Gasteiger charge is -2.01. The van der Waals surface area contributed by atoms with Gasteiger partial charge in [0.1, 0.15) is 0 Å². The minimum Gasteiger partial charge on any atom is -0.361 e. The van der Waals surface area contributed by atoms with Gasteiger partial charge in [-0.2, -0.15) is 5.10 Å². The van der Waals surface area contributed by atoms with Gasteiger partial charge in [0.05, 0.1) is 17.6 Å². The molecule has 0 fully saturated rings. The Balaban J connectivity index is 1.75. The van der Waals surface area contributed by atoms with Crippen molar-refractivity contribution < 1.29 is 0 Å². The number of nitrogens with zero attached hydrogens (tertiary/aromatic N) is 3. The van der Waals surface area contributed by atoms with E-state index >= 15 is 0 Å². The number of hydrogen-bond donors (Lipinski definition) is 1. The van der Waals surface area contributed by atoms with Gasteiger partial charge in [-0.1, -0.05) is 22.0 Å². The van der Waals surface area contributed by atoms with Crippen LogP contribution in [0.25, 0.3) is 10.9 Å². The van der Waals surface area contributed by atoms with Crippen molar-refractivity contribution in [2.45, 2.75) is 20.8 Å². The summed E-state index contributed by atoms with van der Waals surface area (Å²) in [5.74, 6) is 0. The normalized spacial score (nSPS) is 12.5. The van der Waals surface area contributed by atoms with E-state index < -0.39 is 0 Å². The van der Waals surface area contributed by atoms with E-state index in [1.807, 2.05) is 36.1 Å². The molecule has 0 aliphatic heterocycles. The first-order valence-corrected chi connectivity index (χ1v) is 10.3. The number of benzene rings is 2. The number of aromatic nitrogens is 2. The van der Waals surface area contributed by atoms with Crippen molar-refractivity contribution in [3.63, 3.8) is 0 Å². The quantitative estimate of drug-likeness (QED) is 0.391. The van der Waals surface area contributed by atoms with Crippen molar-refractivity contribution in [1.82, 2.24) is 9.66 Å². The molecule has 0 atom stereocenters. The summed E-state index contributed by atoms with van der Waals surface area (Å²) in [6.07, 6.45) is 3.85. The number of aromatic amines is 1. The molecule has 0 saturated heterocycles. The molecule has 2 aromatic carbocycles. The molecule has 4 rings (SSSR count). The van der Waals surface area contributed by atoms with Crippen LogP contribution in [-0.4, -0.2) is 15.9 Å². The summed E-state index contributed by atoms with van der Waals surface area (Å²) < 4.78 is 2.94. The summed E-state index contributed by atoms with van der Waals surface area (Å²) >= 11 is 5.13. The van der Waals surface area contributed by atoms with Crippen molar-refractivity contribution in [2.24, 2.45) is 10.1 Å². The third-order valence-corrected chi connectivity index (χ3v) is 5.98. The Kier molecular flexibility index (Phi) is 4.85. The molecule has 0 unspecified atom stereocenters. The zero-order chi connectivity index (χ0) is 19.0. The molecule has 27 heavy (non-hydrogen) atoms. The lowest BCUT2D eigenvalue weighted by molar-refractivity contribution is 0.810. The highest BCUT2D eigenvalue weighted by Gasteiger charge is 2.04. The van der Waals surface area contributed by atoms with Crippen LogP contribution in [-0.2, 0) is 0 Å². The van der Waals surface area contributed by atoms with Gasteiger partial charge >= 0.3 is 0 Å². The smallest absolute Gasteiger partial charge is 0.211 e. The molecule has 1 N–H and O–H groups in total. The van der Waals surface area contributed by atoms with E-state index in [1.165, 1.54) is 11.1 Å². The van der Waals surface area contributed by atoms with E-state index in [1.54, 1.807) is 11.3 Å². The number of halogens is 1. The summed E-state index contributed by atoms with van der Waals surface area (Å²) in [6, 6.07) is 12.4. The number of rotatable bonds is 3. The molecule has 6 heteroatoms. The fraction of sp³-hybridized carbons (Fsp3) is 0.143. The lowest BCUT2D eigenvalue weighted by Crippen LogP contribution is -2.11. The highest BCUT2D eigenvalue weighted by Crippen LogP contribution is 2.22. The van der Waals surface area contributed by atoms with E-state index in [2.05, 4.69) is 64.4 Å². The summed E-state index contributed by atoms with van der Waals surface area (Å²) in [7, 11) is 0. The second kappa shape index (κ2) is 7.29. The Labute approximate surface area is 170 Å². The second-order valence-electron chi connectivity index (χ2n) is 6.53. The van der Waals surface area contributed by atoms with Crippen molar-refractivity contribution in [3.8, 4) is 0 Å². The van der Waals surface area contributed by atoms with Crippen LogP contribution in [0.5, 0.6) is 0 Å². The first kappa shape index (κ1) is 17.9. The molecule has 0 aliphatic rings. The maximum atomic E-state index is 4.79. The molecule has 0 radical (unpaired) electrons. The Morgan fingerprint density at radius 2 is 1.93 bits per heavy atom. The Bertz CT molecular complexity index is 1230. The molecular formula is C21H19BrN4S. The lowest BCUT2D eigenvalue weighted by atomic mass is 10.1. The molecule has 0 spiro atoms. The topological polar surface area (TPSA) is 45.4 Å². The van der Waals surface area contributed by atoms with Crippen molar-refractivity contribution >= 4 is 50.1 Å². The van der Waals surface area contributed by atoms with Gasteiger partial charge in [0.2, 0.25) is 4.80 Å². The van der Waals surface area contributed by atoms with Crippen LogP contribution in [0.4, 0.5) is 5.69 Å². The molecule has 2 heterocycles. The number of nitrogens with one attached hydrogen (secondary N) is 1. The molecule has 0 aliphatic carbocycles. The van der Waals surface area contributed by atoms with Gasteiger partial charge in [-0.15, -0.1) is 11.3 Å². The number of aryl methyl sites for hydroxylation is 3. The zero-order valence-corrected chi connectivity index (χ0v) is 17.7. The van der Waals surface area contributed by atoms with E-state index in [0.29, 0.717) is 0 Å². The first-order valence-electron chi connectivity index (χ1n) is 8.61. The van der Waals surface area contributed by atoms with Gasteiger partial charge in [-0.3, -0.25) is 0 Å². The van der Waals surface area contributed by atoms with Crippen LogP contribution in [0.1, 0.15) is 22.4 Å². The van der Waals surface area contributed by atoms with E-state index in [4.69, 9.17) is 10.1 Å². The van der Waals surface area contributed by atoms with Gasteiger partial charge in [-0.05, 0) is 62.2 Å². The molecule has 0 bridgehead atoms. The van der Waals surface area contributed by atoms with Crippen LogP contribution in [0.2, 0.25) is 0 Å². The van der Waals surface area contributed by atoms with Gasteiger partial charge in [0.25, 0.3) is 0 Å². The van der Waals surface area contributed by atoms with E-state index in [9.17, 15) is 0 Å². The van der Waals surface area contributed by atoms with Crippen molar-refractivity contribution in [2.75, 3.05) is 0 Å². The van der Waals surface area contributed by atoms with Crippen molar-refractivity contribution in [3.05, 3.63) is 79.6 Å². The van der Waals surface area contributed by atoms with E-state index in [-0.39, 0.29) is 0 Å². The first-order chi connectivity index (χ1) is 13.0. The minimum absolute atomic E-state index is 0.855. The number of thiazole rings is 1. The molecule has 2 aromatic heterocycles. The Morgan fingerprint density at radius 1 is 1.07 bits per heavy atom. The minimum atomic E-state index is 0.855. The predicted molar refractivity (Wildman–Crippen MR) is 117 cm³/mol. The number of hydrogen-bond acceptors (Lipinski definition) is 3. The van der Waals surface area contributed by atoms with Crippen LogP contribution in [0.15, 0.2) is 62.5 Å². The SMILES string of the molecule is Cc1ccc(N=c2scc(C)n2N=Cc2c[nH]c3ccc(Br)cc23)cc1C. The molecule has 136 valence electrons. The Morgan fingerprint density at radius 3 is 2.74 bits per heavy atom. The van der Waals surface area contributed by atoms with Gasteiger partial charge in [0.15, 0.2) is 0 Å². The van der Waals surface area contributed by atoms with Gasteiger partial charge in [0, 0.05) is 32.5 Å². The average molecular weight is 439 g/mol. The number of fused-ring (bicyclic) bond motifs is 1. The van der Waals surface area contributed by atoms with Crippen molar-refractivity contribution in [1.29, 1.82) is 0 Å². The fourth-order valence-corrected chi connectivity index (χ4v) is 4.04. The Hall–Kier alpha value is -2.44. The van der Waals surface area contributed by atoms with Gasteiger partial charge < -0.3 is 4.98 Å². The van der Waals surface area contributed by atoms with E-state index in [0.717, 1.165) is 37.1 Å². The molecule has 4 aromatic rings. The third-order valence-electron chi connectivity index (χ3n) is 4.55. The standard InChI is InChI=1S/C21H19BrN4S/c1-13-4-6-18(8-14(13)2)25-21-26(15(3)12-27-21)24-11-16-10-23-20-7-5-17(22)9-19(16)20/h4-12,23H,1-3H3.